The van der Waals surface area contributed by atoms with Crippen molar-refractivity contribution in [2.75, 3.05) is 13.2 Å². The first-order valence-corrected chi connectivity index (χ1v) is 18.0. The Morgan fingerprint density at radius 1 is 0.684 bits per heavy atom. The summed E-state index contributed by atoms with van der Waals surface area (Å²) in [7, 11) is 6.89. The molecule has 0 atom stereocenters. The summed E-state index contributed by atoms with van der Waals surface area (Å²) < 4.78 is 9.10. The van der Waals surface area contributed by atoms with Crippen LogP contribution in [0.5, 0.6) is 0 Å². The summed E-state index contributed by atoms with van der Waals surface area (Å²) in [5.41, 5.74) is 0. The van der Waals surface area contributed by atoms with Gasteiger partial charge >= 0.3 is 98.8 Å². The van der Waals surface area contributed by atoms with Crippen LogP contribution in [0.3, 0.4) is 0 Å². The van der Waals surface area contributed by atoms with Crippen LogP contribution in [0.4, 0.5) is 0 Å². The minimum absolute atomic E-state index is 0.844. The van der Waals surface area contributed by atoms with Crippen LogP contribution in [0.1, 0.15) is 73.1 Å². The average molecular weight is 400 g/mol. The number of rotatable bonds is 11. The molecular formula is C16H37ClOSn. The zero-order chi connectivity index (χ0) is 15.0. The number of hydrogen-bond donors (Lipinski definition) is 0. The predicted molar refractivity (Wildman–Crippen MR) is 92.9 cm³/mol. The van der Waals surface area contributed by atoms with Gasteiger partial charge in [0.15, 0.2) is 0 Å². The smallest absolute Gasteiger partial charge is 0.0437 e. The molecule has 0 aliphatic heterocycles. The molecule has 0 amide bonds. The number of halogens is 1. The molecule has 0 saturated carbocycles. The molecule has 0 aliphatic rings. The second-order valence-electron chi connectivity index (χ2n) is 5.24. The summed E-state index contributed by atoms with van der Waals surface area (Å²) in [6.45, 7) is 12.5. The molecule has 19 heavy (non-hydrogen) atoms. The Morgan fingerprint density at radius 3 is 1.16 bits per heavy atom. The van der Waals surface area contributed by atoms with Crippen LogP contribution in [-0.4, -0.2) is 30.5 Å². The minimum atomic E-state index is -2.09. The van der Waals surface area contributed by atoms with E-state index in [0.717, 1.165) is 13.2 Å². The van der Waals surface area contributed by atoms with E-state index in [9.17, 15) is 0 Å². The van der Waals surface area contributed by atoms with Crippen molar-refractivity contribution in [2.45, 2.75) is 86.5 Å². The molecule has 0 aliphatic carbocycles. The Bertz CT molecular complexity index is 141. The van der Waals surface area contributed by atoms with Gasteiger partial charge in [-0.05, 0) is 13.8 Å². The van der Waals surface area contributed by atoms with Gasteiger partial charge in [0.2, 0.25) is 0 Å². The fraction of sp³-hybridized carbons (Fsp3) is 1.00. The van der Waals surface area contributed by atoms with Crippen LogP contribution < -0.4 is 0 Å². The van der Waals surface area contributed by atoms with E-state index in [0.29, 0.717) is 0 Å². The van der Waals surface area contributed by atoms with Crippen molar-refractivity contribution < 1.29 is 4.74 Å². The predicted octanol–water partition coefficient (Wildman–Crippen LogP) is 6.61. The Kier molecular flexibility index (Phi) is 20.1. The van der Waals surface area contributed by atoms with E-state index >= 15 is 0 Å². The molecule has 0 heterocycles. The van der Waals surface area contributed by atoms with Gasteiger partial charge in [0.1, 0.15) is 0 Å². The summed E-state index contributed by atoms with van der Waals surface area (Å²) in [6, 6.07) is 0. The topological polar surface area (TPSA) is 9.23 Å². The van der Waals surface area contributed by atoms with Gasteiger partial charge in [0.05, 0.1) is 0 Å². The molecule has 0 aromatic heterocycles. The molecule has 0 bridgehead atoms. The van der Waals surface area contributed by atoms with Crippen molar-refractivity contribution in [2.24, 2.45) is 0 Å². The number of ether oxygens (including phenoxy) is 1. The van der Waals surface area contributed by atoms with Gasteiger partial charge in [0, 0.05) is 13.2 Å². The van der Waals surface area contributed by atoms with Gasteiger partial charge in [-0.25, -0.2) is 0 Å². The molecule has 0 spiro atoms. The summed E-state index contributed by atoms with van der Waals surface area (Å²) in [4.78, 5) is 0. The van der Waals surface area contributed by atoms with Crippen LogP contribution in [-0.2, 0) is 4.74 Å². The zero-order valence-electron chi connectivity index (χ0n) is 14.1. The SMILES string of the molecule is CCC[CH2][Sn]([Cl])([CH2]CCC)[CH2]CCC.CCOCC. The molecule has 0 aromatic rings. The normalized spacial score (nSPS) is 11.1. The van der Waals surface area contributed by atoms with Crippen molar-refractivity contribution >= 4 is 26.2 Å². The van der Waals surface area contributed by atoms with E-state index < -0.39 is 17.3 Å². The van der Waals surface area contributed by atoms with Crippen molar-refractivity contribution in [1.82, 2.24) is 0 Å². The average Bonchev–Trinajstić information content (AvgIpc) is 2.42. The molecule has 1 nitrogen and oxygen atoms in total. The van der Waals surface area contributed by atoms with Gasteiger partial charge in [-0.3, -0.25) is 0 Å². The third kappa shape index (κ3) is 17.0. The number of hydrogen-bond acceptors (Lipinski definition) is 1. The standard InChI is InChI=1S/C4H10O.3C4H9.ClH.Sn/c1-3-5-4-2;3*1-3-4-2;;/h3-4H2,1-2H3;3*1,3-4H2,2H3;1H;/q;;;;;+1/p-1. The van der Waals surface area contributed by atoms with Crippen molar-refractivity contribution in [3.63, 3.8) is 0 Å². The molecule has 0 N–H and O–H groups in total. The van der Waals surface area contributed by atoms with E-state index in [-0.39, 0.29) is 0 Å². The van der Waals surface area contributed by atoms with E-state index in [2.05, 4.69) is 20.8 Å². The van der Waals surface area contributed by atoms with Gasteiger partial charge in [-0.15, -0.1) is 0 Å². The minimum Gasteiger partial charge on any atom is -0.382 e. The Labute approximate surface area is 130 Å². The second-order valence-corrected chi connectivity index (χ2v) is 21.5. The van der Waals surface area contributed by atoms with Crippen molar-refractivity contribution in [3.8, 4) is 0 Å². The monoisotopic (exact) mass is 400 g/mol. The zero-order valence-corrected chi connectivity index (χ0v) is 17.7. The van der Waals surface area contributed by atoms with Crippen molar-refractivity contribution in [1.29, 1.82) is 0 Å². The van der Waals surface area contributed by atoms with Crippen LogP contribution >= 0.6 is 8.92 Å². The van der Waals surface area contributed by atoms with E-state index in [4.69, 9.17) is 13.7 Å². The van der Waals surface area contributed by atoms with Gasteiger partial charge in [0.25, 0.3) is 0 Å². The largest absolute Gasteiger partial charge is 0.382 e. The molecular weight excluding hydrogens is 362 g/mol. The molecule has 0 fully saturated rings. The molecule has 0 rings (SSSR count). The maximum atomic E-state index is 6.89. The van der Waals surface area contributed by atoms with Crippen LogP contribution in [0, 0.1) is 0 Å². The summed E-state index contributed by atoms with van der Waals surface area (Å²) in [5.74, 6) is 0. The summed E-state index contributed by atoms with van der Waals surface area (Å²) in [6.07, 6.45) is 8.12. The Balaban J connectivity index is 0. The molecule has 0 unspecified atom stereocenters. The van der Waals surface area contributed by atoms with Gasteiger partial charge in [-0.1, -0.05) is 0 Å². The van der Waals surface area contributed by atoms with E-state index in [1.54, 1.807) is 0 Å². The van der Waals surface area contributed by atoms with Crippen LogP contribution in [0.25, 0.3) is 0 Å². The van der Waals surface area contributed by atoms with Gasteiger partial charge in [-0.2, -0.15) is 0 Å². The summed E-state index contributed by atoms with van der Waals surface area (Å²) >= 11 is -2.09. The van der Waals surface area contributed by atoms with E-state index in [1.165, 1.54) is 51.8 Å². The maximum absolute atomic E-state index is 6.89. The van der Waals surface area contributed by atoms with E-state index in [1.807, 2.05) is 13.8 Å². The molecule has 0 aromatic carbocycles. The maximum Gasteiger partial charge on any atom is 0.0437 e. The quantitative estimate of drug-likeness (QED) is 0.355. The fourth-order valence-electron chi connectivity index (χ4n) is 2.06. The van der Waals surface area contributed by atoms with Crippen LogP contribution in [0.2, 0.25) is 13.3 Å². The first-order valence-electron chi connectivity index (χ1n) is 8.36. The molecule has 3 heteroatoms. The second kappa shape index (κ2) is 17.1. The van der Waals surface area contributed by atoms with Gasteiger partial charge < -0.3 is 4.74 Å². The molecule has 0 radical (unpaired) electrons. The number of unbranched alkanes of at least 4 members (excludes halogenated alkanes) is 3. The molecule has 0 saturated heterocycles. The third-order valence-electron chi connectivity index (χ3n) is 3.34. The van der Waals surface area contributed by atoms with Crippen molar-refractivity contribution in [3.05, 3.63) is 0 Å². The third-order valence-corrected chi connectivity index (χ3v) is 17.8. The Morgan fingerprint density at radius 2 is 1.00 bits per heavy atom. The first kappa shape index (κ1) is 22.3. The summed E-state index contributed by atoms with van der Waals surface area (Å²) in [5, 5.41) is 0. The van der Waals surface area contributed by atoms with Crippen LogP contribution in [0.15, 0.2) is 0 Å². The molecule has 118 valence electrons. The Hall–Kier alpha value is 1.05. The fourth-order valence-corrected chi connectivity index (χ4v) is 15.3. The first-order chi connectivity index (χ1) is 9.10.